The van der Waals surface area contributed by atoms with Gasteiger partial charge in [-0.05, 0) is 37.5 Å². The third-order valence-corrected chi connectivity index (χ3v) is 5.51. The lowest BCUT2D eigenvalue weighted by atomic mass is 9.88. The topological polar surface area (TPSA) is 9.23 Å². The van der Waals surface area contributed by atoms with E-state index in [9.17, 15) is 0 Å². The van der Waals surface area contributed by atoms with Crippen LogP contribution in [0.15, 0.2) is 0 Å². The third kappa shape index (κ3) is 2.76. The van der Waals surface area contributed by atoms with E-state index in [-0.39, 0.29) is 0 Å². The molecule has 1 unspecified atom stereocenters. The van der Waals surface area contributed by atoms with Crippen molar-refractivity contribution in [2.45, 2.75) is 70.5 Å². The Morgan fingerprint density at radius 2 is 1.93 bits per heavy atom. The molecule has 1 saturated carbocycles. The van der Waals surface area contributed by atoms with Gasteiger partial charge >= 0.3 is 0 Å². The van der Waals surface area contributed by atoms with Crippen LogP contribution in [0.25, 0.3) is 0 Å². The van der Waals surface area contributed by atoms with Crippen LogP contribution in [0.4, 0.5) is 0 Å². The second-order valence-corrected chi connectivity index (χ2v) is 6.73. The molecular formula is C13H23BrO. The first kappa shape index (κ1) is 11.9. The summed E-state index contributed by atoms with van der Waals surface area (Å²) in [6.07, 6.45) is 9.74. The molecule has 1 heterocycles. The largest absolute Gasteiger partial charge is 0.372 e. The maximum absolute atomic E-state index is 6.33. The Bertz CT molecular complexity index is 219. The summed E-state index contributed by atoms with van der Waals surface area (Å²) in [5.74, 6) is 0. The molecule has 0 amide bonds. The highest BCUT2D eigenvalue weighted by molar-refractivity contribution is 9.09. The summed E-state index contributed by atoms with van der Waals surface area (Å²) in [6.45, 7) is 4.65. The van der Waals surface area contributed by atoms with Crippen molar-refractivity contribution >= 4 is 15.9 Å². The molecule has 2 rings (SSSR count). The van der Waals surface area contributed by atoms with Crippen molar-refractivity contribution in [1.82, 2.24) is 0 Å². The lowest BCUT2D eigenvalue weighted by Gasteiger charge is -2.28. The van der Waals surface area contributed by atoms with Crippen LogP contribution >= 0.6 is 15.9 Å². The Morgan fingerprint density at radius 1 is 1.27 bits per heavy atom. The molecule has 1 atom stereocenters. The average molecular weight is 275 g/mol. The molecule has 0 N–H and O–H groups in total. The van der Waals surface area contributed by atoms with Gasteiger partial charge in [0.05, 0.1) is 11.7 Å². The van der Waals surface area contributed by atoms with Crippen molar-refractivity contribution < 1.29 is 4.74 Å². The predicted octanol–water partition coefficient (Wildman–Crippen LogP) is 4.29. The Hall–Kier alpha value is 0.440. The fraction of sp³-hybridized carbons (Fsp3) is 1.00. The minimum Gasteiger partial charge on any atom is -0.372 e. The highest BCUT2D eigenvalue weighted by Crippen LogP contribution is 2.45. The normalized spacial score (nSPS) is 30.2. The minimum absolute atomic E-state index is 0.313. The minimum atomic E-state index is 0.313. The fourth-order valence-electron chi connectivity index (χ4n) is 3.10. The summed E-state index contributed by atoms with van der Waals surface area (Å²) in [7, 11) is 0. The maximum atomic E-state index is 6.33. The van der Waals surface area contributed by atoms with Crippen molar-refractivity contribution in [3.05, 3.63) is 0 Å². The molecule has 1 aliphatic carbocycles. The molecule has 0 aromatic heterocycles. The number of hydrogen-bond acceptors (Lipinski definition) is 1. The molecule has 0 aromatic carbocycles. The fourth-order valence-corrected chi connectivity index (χ4v) is 3.33. The molecule has 0 aromatic rings. The Morgan fingerprint density at radius 3 is 2.53 bits per heavy atom. The van der Waals surface area contributed by atoms with Crippen LogP contribution in [0, 0.1) is 5.41 Å². The zero-order chi connectivity index (χ0) is 10.9. The molecule has 1 aliphatic heterocycles. The van der Waals surface area contributed by atoms with E-state index in [4.69, 9.17) is 4.74 Å². The van der Waals surface area contributed by atoms with E-state index in [0.717, 1.165) is 5.33 Å². The molecule has 0 radical (unpaired) electrons. The lowest BCUT2D eigenvalue weighted by Crippen LogP contribution is -2.27. The van der Waals surface area contributed by atoms with Gasteiger partial charge in [-0.1, -0.05) is 42.6 Å². The summed E-state index contributed by atoms with van der Waals surface area (Å²) in [5.41, 5.74) is 0.696. The summed E-state index contributed by atoms with van der Waals surface area (Å²) in [5, 5.41) is 1.08. The Balaban J connectivity index is 1.87. The summed E-state index contributed by atoms with van der Waals surface area (Å²) in [6, 6.07) is 0. The zero-order valence-electron chi connectivity index (χ0n) is 10.0. The van der Waals surface area contributed by atoms with E-state index < -0.39 is 0 Å². The first-order valence-corrected chi connectivity index (χ1v) is 7.41. The van der Waals surface area contributed by atoms with Gasteiger partial charge in [0.15, 0.2) is 0 Å². The van der Waals surface area contributed by atoms with Gasteiger partial charge < -0.3 is 4.74 Å². The molecule has 88 valence electrons. The van der Waals surface area contributed by atoms with Gasteiger partial charge in [0.1, 0.15) is 0 Å². The maximum Gasteiger partial charge on any atom is 0.0687 e. The first-order valence-electron chi connectivity index (χ1n) is 6.29. The van der Waals surface area contributed by atoms with Crippen LogP contribution in [-0.2, 0) is 4.74 Å². The molecule has 1 nitrogen and oxygen atoms in total. The molecule has 2 aliphatic rings. The van der Waals surface area contributed by atoms with E-state index >= 15 is 0 Å². The van der Waals surface area contributed by atoms with Gasteiger partial charge in [0, 0.05) is 5.33 Å². The number of alkyl halides is 1. The van der Waals surface area contributed by atoms with E-state index in [1.54, 1.807) is 0 Å². The van der Waals surface area contributed by atoms with Gasteiger partial charge in [0.2, 0.25) is 0 Å². The monoisotopic (exact) mass is 274 g/mol. The standard InChI is InChI=1S/C13H23BrO/c1-12(2,10-14)9-11-5-8-13(15-11)6-3-4-7-13/h11H,3-10H2,1-2H3. The van der Waals surface area contributed by atoms with Crippen molar-refractivity contribution in [1.29, 1.82) is 0 Å². The number of ether oxygens (including phenoxy) is 1. The molecular weight excluding hydrogens is 252 g/mol. The summed E-state index contributed by atoms with van der Waals surface area (Å²) < 4.78 is 6.33. The van der Waals surface area contributed by atoms with Gasteiger partial charge in [0.25, 0.3) is 0 Å². The zero-order valence-corrected chi connectivity index (χ0v) is 11.6. The van der Waals surface area contributed by atoms with Crippen LogP contribution in [0.3, 0.4) is 0 Å². The first-order chi connectivity index (χ1) is 7.05. The molecule has 1 spiro atoms. The Kier molecular flexibility index (Phi) is 3.47. The Labute approximate surface area is 102 Å². The van der Waals surface area contributed by atoms with Gasteiger partial charge in [-0.2, -0.15) is 0 Å². The van der Waals surface area contributed by atoms with E-state index in [1.807, 2.05) is 0 Å². The quantitative estimate of drug-likeness (QED) is 0.698. The van der Waals surface area contributed by atoms with E-state index in [2.05, 4.69) is 29.8 Å². The molecule has 0 bridgehead atoms. The van der Waals surface area contributed by atoms with E-state index in [0.29, 0.717) is 17.1 Å². The van der Waals surface area contributed by atoms with Crippen LogP contribution < -0.4 is 0 Å². The van der Waals surface area contributed by atoms with Gasteiger partial charge in [-0.15, -0.1) is 0 Å². The van der Waals surface area contributed by atoms with Crippen LogP contribution in [0.2, 0.25) is 0 Å². The van der Waals surface area contributed by atoms with Gasteiger partial charge in [-0.3, -0.25) is 0 Å². The highest BCUT2D eigenvalue weighted by Gasteiger charge is 2.43. The summed E-state index contributed by atoms with van der Waals surface area (Å²) >= 11 is 3.60. The second-order valence-electron chi connectivity index (χ2n) is 6.17. The summed E-state index contributed by atoms with van der Waals surface area (Å²) in [4.78, 5) is 0. The lowest BCUT2D eigenvalue weighted by molar-refractivity contribution is -0.0484. The highest BCUT2D eigenvalue weighted by atomic mass is 79.9. The van der Waals surface area contributed by atoms with Crippen molar-refractivity contribution in [3.63, 3.8) is 0 Å². The smallest absolute Gasteiger partial charge is 0.0687 e. The van der Waals surface area contributed by atoms with Crippen LogP contribution in [0.1, 0.15) is 58.8 Å². The van der Waals surface area contributed by atoms with Crippen molar-refractivity contribution in [2.24, 2.45) is 5.41 Å². The van der Waals surface area contributed by atoms with Crippen molar-refractivity contribution in [2.75, 3.05) is 5.33 Å². The molecule has 2 fully saturated rings. The van der Waals surface area contributed by atoms with Crippen LogP contribution in [-0.4, -0.2) is 17.0 Å². The molecule has 1 saturated heterocycles. The van der Waals surface area contributed by atoms with E-state index in [1.165, 1.54) is 44.9 Å². The van der Waals surface area contributed by atoms with Gasteiger partial charge in [-0.25, -0.2) is 0 Å². The molecule has 15 heavy (non-hydrogen) atoms. The molecule has 2 heteroatoms. The van der Waals surface area contributed by atoms with Crippen molar-refractivity contribution in [3.8, 4) is 0 Å². The number of hydrogen-bond donors (Lipinski definition) is 0. The SMILES string of the molecule is CC(C)(CBr)CC1CCC2(CCCC2)O1. The second kappa shape index (κ2) is 4.37. The predicted molar refractivity (Wildman–Crippen MR) is 67.5 cm³/mol. The van der Waals surface area contributed by atoms with Crippen LogP contribution in [0.5, 0.6) is 0 Å². The third-order valence-electron chi connectivity index (χ3n) is 4.00. The number of halogens is 1. The number of rotatable bonds is 3. The average Bonchev–Trinajstić information content (AvgIpc) is 2.78.